The minimum Gasteiger partial charge on any atom is -0.343 e. The summed E-state index contributed by atoms with van der Waals surface area (Å²) in [6.07, 6.45) is 1.35. The molecule has 0 saturated carbocycles. The Hall–Kier alpha value is -3.22. The van der Waals surface area contributed by atoms with Crippen molar-refractivity contribution in [2.24, 2.45) is 0 Å². The van der Waals surface area contributed by atoms with Gasteiger partial charge in [-0.05, 0) is 18.1 Å². The number of rotatable bonds is 6. The Bertz CT molecular complexity index is 823. The normalized spacial score (nSPS) is 14.9. The Morgan fingerprint density at radius 3 is 2.62 bits per heavy atom. The molecule has 0 bridgehead atoms. The molecule has 1 heterocycles. The summed E-state index contributed by atoms with van der Waals surface area (Å²) in [6, 6.07) is 14.6. The average Bonchev–Trinajstić information content (AvgIpc) is 3.06. The number of carbonyl (C=O) groups is 2. The van der Waals surface area contributed by atoms with E-state index < -0.39 is 10.8 Å². The maximum absolute atomic E-state index is 12.6. The van der Waals surface area contributed by atoms with E-state index in [4.69, 9.17) is 0 Å². The summed E-state index contributed by atoms with van der Waals surface area (Å²) in [5.74, 6) is -0.329. The van der Waals surface area contributed by atoms with Crippen LogP contribution in [0.25, 0.3) is 0 Å². The van der Waals surface area contributed by atoms with Crippen molar-refractivity contribution in [1.82, 2.24) is 10.2 Å². The number of carbonyl (C=O) groups excluding carboxylic acids is 2. The van der Waals surface area contributed by atoms with Gasteiger partial charge in [0, 0.05) is 37.2 Å². The summed E-state index contributed by atoms with van der Waals surface area (Å²) >= 11 is 0. The van der Waals surface area contributed by atoms with E-state index >= 15 is 0 Å². The Labute approximate surface area is 150 Å². The molecule has 2 aromatic rings. The van der Waals surface area contributed by atoms with Gasteiger partial charge in [-0.3, -0.25) is 19.7 Å². The second kappa shape index (κ2) is 7.77. The van der Waals surface area contributed by atoms with E-state index in [0.717, 1.165) is 12.0 Å². The molecule has 1 aliphatic rings. The molecular formula is C19H19N3O4. The third kappa shape index (κ3) is 4.05. The first-order valence-corrected chi connectivity index (χ1v) is 8.42. The lowest BCUT2D eigenvalue weighted by atomic mass is 10.1. The molecule has 1 atom stereocenters. The van der Waals surface area contributed by atoms with Crippen molar-refractivity contribution in [2.45, 2.75) is 18.9 Å². The summed E-state index contributed by atoms with van der Waals surface area (Å²) in [5, 5.41) is 13.8. The third-order valence-corrected chi connectivity index (χ3v) is 4.40. The summed E-state index contributed by atoms with van der Waals surface area (Å²) in [6.45, 7) is 1.05. The van der Waals surface area contributed by atoms with Crippen molar-refractivity contribution in [3.8, 4) is 0 Å². The van der Waals surface area contributed by atoms with E-state index in [9.17, 15) is 19.7 Å². The highest BCUT2D eigenvalue weighted by atomic mass is 16.6. The number of nitro benzene ring substituents is 1. The molecule has 26 heavy (non-hydrogen) atoms. The molecule has 1 saturated heterocycles. The third-order valence-electron chi connectivity index (χ3n) is 4.40. The lowest BCUT2D eigenvalue weighted by molar-refractivity contribution is -0.384. The minimum atomic E-state index is -0.533. The molecule has 0 radical (unpaired) electrons. The predicted molar refractivity (Wildman–Crippen MR) is 95.6 cm³/mol. The number of benzene rings is 2. The van der Waals surface area contributed by atoms with Crippen molar-refractivity contribution in [2.75, 3.05) is 13.1 Å². The Morgan fingerprint density at radius 2 is 1.96 bits per heavy atom. The topological polar surface area (TPSA) is 92.6 Å². The van der Waals surface area contributed by atoms with E-state index in [-0.39, 0.29) is 23.2 Å². The minimum absolute atomic E-state index is 0.0792. The quantitative estimate of drug-likeness (QED) is 0.638. The maximum atomic E-state index is 12.6. The molecule has 0 aromatic heterocycles. The monoisotopic (exact) mass is 353 g/mol. The van der Waals surface area contributed by atoms with Crippen molar-refractivity contribution >= 4 is 17.5 Å². The molecule has 1 aliphatic heterocycles. The fourth-order valence-corrected chi connectivity index (χ4v) is 3.04. The van der Waals surface area contributed by atoms with Gasteiger partial charge in [-0.25, -0.2) is 0 Å². The largest absolute Gasteiger partial charge is 0.343 e. The predicted octanol–water partition coefficient (Wildman–Crippen LogP) is 2.69. The van der Waals surface area contributed by atoms with Crippen LogP contribution >= 0.6 is 0 Å². The van der Waals surface area contributed by atoms with Gasteiger partial charge in [0.15, 0.2) is 0 Å². The maximum Gasteiger partial charge on any atom is 0.270 e. The van der Waals surface area contributed by atoms with Crippen LogP contribution in [0.1, 0.15) is 34.8 Å². The van der Waals surface area contributed by atoms with Crippen LogP contribution in [0, 0.1) is 10.1 Å². The first kappa shape index (κ1) is 17.6. The van der Waals surface area contributed by atoms with Crippen molar-refractivity contribution in [3.63, 3.8) is 0 Å². The number of amides is 2. The summed E-state index contributed by atoms with van der Waals surface area (Å²) in [5.41, 5.74) is 0.961. The van der Waals surface area contributed by atoms with Crippen LogP contribution in [0.5, 0.6) is 0 Å². The number of hydrogen-bond acceptors (Lipinski definition) is 4. The van der Waals surface area contributed by atoms with Gasteiger partial charge in [-0.15, -0.1) is 0 Å². The molecule has 2 amide bonds. The second-order valence-corrected chi connectivity index (χ2v) is 6.19. The number of nitro groups is 1. The molecule has 7 heteroatoms. The summed E-state index contributed by atoms with van der Waals surface area (Å²) in [4.78, 5) is 36.7. The zero-order chi connectivity index (χ0) is 18.5. The molecule has 0 unspecified atom stereocenters. The van der Waals surface area contributed by atoms with Crippen molar-refractivity contribution in [1.29, 1.82) is 0 Å². The molecule has 3 rings (SSSR count). The summed E-state index contributed by atoms with van der Waals surface area (Å²) < 4.78 is 0. The smallest absolute Gasteiger partial charge is 0.270 e. The standard InChI is InChI=1S/C19H19N3O4/c23-18-10-5-11-21(18)13-17(14-6-2-1-3-7-14)20-19(24)15-8-4-9-16(12-15)22(25)26/h1-4,6-9,12,17H,5,10-11,13H2,(H,20,24)/t17-/m1/s1. The fraction of sp³-hybridized carbons (Fsp3) is 0.263. The summed E-state index contributed by atoms with van der Waals surface area (Å²) in [7, 11) is 0. The Morgan fingerprint density at radius 1 is 1.19 bits per heavy atom. The van der Waals surface area contributed by atoms with Crippen molar-refractivity contribution < 1.29 is 14.5 Å². The Kier molecular flexibility index (Phi) is 5.26. The molecule has 0 aliphatic carbocycles. The molecular weight excluding hydrogens is 334 g/mol. The SMILES string of the molecule is O=C(N[C@H](CN1CCCC1=O)c1ccccc1)c1cccc([N+](=O)[O-])c1. The number of non-ortho nitro benzene ring substituents is 1. The highest BCUT2D eigenvalue weighted by molar-refractivity contribution is 5.95. The molecule has 134 valence electrons. The zero-order valence-corrected chi connectivity index (χ0v) is 14.1. The molecule has 2 aromatic carbocycles. The second-order valence-electron chi connectivity index (χ2n) is 6.19. The Balaban J connectivity index is 1.80. The van der Waals surface area contributed by atoms with E-state index in [1.165, 1.54) is 24.3 Å². The van der Waals surface area contributed by atoms with Crippen LogP contribution in [-0.4, -0.2) is 34.7 Å². The van der Waals surface area contributed by atoms with Gasteiger partial charge in [-0.1, -0.05) is 36.4 Å². The van der Waals surface area contributed by atoms with Gasteiger partial charge in [0.25, 0.3) is 11.6 Å². The number of hydrogen-bond donors (Lipinski definition) is 1. The van der Waals surface area contributed by atoms with Crippen LogP contribution < -0.4 is 5.32 Å². The van der Waals surface area contributed by atoms with E-state index in [2.05, 4.69) is 5.32 Å². The lowest BCUT2D eigenvalue weighted by Crippen LogP contribution is -2.38. The van der Waals surface area contributed by atoms with Crippen LogP contribution in [-0.2, 0) is 4.79 Å². The van der Waals surface area contributed by atoms with Crippen LogP contribution in [0.4, 0.5) is 5.69 Å². The van der Waals surface area contributed by atoms with E-state index in [1.807, 2.05) is 30.3 Å². The van der Waals surface area contributed by atoms with E-state index in [0.29, 0.717) is 19.5 Å². The lowest BCUT2D eigenvalue weighted by Gasteiger charge is -2.25. The van der Waals surface area contributed by atoms with Crippen LogP contribution in [0.3, 0.4) is 0 Å². The fourth-order valence-electron chi connectivity index (χ4n) is 3.04. The highest BCUT2D eigenvalue weighted by Crippen LogP contribution is 2.20. The van der Waals surface area contributed by atoms with Gasteiger partial charge in [0.1, 0.15) is 0 Å². The molecule has 1 N–H and O–H groups in total. The van der Waals surface area contributed by atoms with Crippen molar-refractivity contribution in [3.05, 3.63) is 75.8 Å². The number of nitrogens with one attached hydrogen (secondary N) is 1. The van der Waals surface area contributed by atoms with Gasteiger partial charge in [-0.2, -0.15) is 0 Å². The highest BCUT2D eigenvalue weighted by Gasteiger charge is 2.25. The molecule has 7 nitrogen and oxygen atoms in total. The zero-order valence-electron chi connectivity index (χ0n) is 14.1. The van der Waals surface area contributed by atoms with Gasteiger partial charge in [0.05, 0.1) is 11.0 Å². The van der Waals surface area contributed by atoms with E-state index in [1.54, 1.807) is 4.90 Å². The molecule has 1 fully saturated rings. The van der Waals surface area contributed by atoms with Crippen LogP contribution in [0.15, 0.2) is 54.6 Å². The molecule has 0 spiro atoms. The number of likely N-dealkylation sites (tertiary alicyclic amines) is 1. The first-order valence-electron chi connectivity index (χ1n) is 8.42. The van der Waals surface area contributed by atoms with Gasteiger partial charge >= 0.3 is 0 Å². The average molecular weight is 353 g/mol. The number of nitrogens with zero attached hydrogens (tertiary/aromatic N) is 2. The van der Waals surface area contributed by atoms with Gasteiger partial charge in [0.2, 0.25) is 5.91 Å². The van der Waals surface area contributed by atoms with Gasteiger partial charge < -0.3 is 10.2 Å². The first-order chi connectivity index (χ1) is 12.5. The van der Waals surface area contributed by atoms with Crippen LogP contribution in [0.2, 0.25) is 0 Å².